The van der Waals surface area contributed by atoms with E-state index in [1.54, 1.807) is 19.1 Å². The number of carbonyl (C=O) groups excluding carboxylic acids is 1. The largest absolute Gasteiger partial charge is 0.456 e. The number of nitrogens with one attached hydrogen (secondary N) is 1. The van der Waals surface area contributed by atoms with E-state index in [4.69, 9.17) is 4.42 Å². The molecule has 100 valence electrons. The van der Waals surface area contributed by atoms with E-state index >= 15 is 0 Å². The summed E-state index contributed by atoms with van der Waals surface area (Å²) in [6, 6.07) is 3.41. The Morgan fingerprint density at radius 2 is 2.17 bits per heavy atom. The van der Waals surface area contributed by atoms with Gasteiger partial charge in [-0.1, -0.05) is 6.92 Å². The molecule has 0 saturated heterocycles. The third-order valence-corrected chi connectivity index (χ3v) is 3.75. The summed E-state index contributed by atoms with van der Waals surface area (Å²) in [4.78, 5) is 11.8. The number of hydrogen-bond acceptors (Lipinski definition) is 3. The summed E-state index contributed by atoms with van der Waals surface area (Å²) in [6.45, 7) is 4.30. The van der Waals surface area contributed by atoms with Gasteiger partial charge >= 0.3 is 0 Å². The van der Waals surface area contributed by atoms with Gasteiger partial charge in [0.2, 0.25) is 0 Å². The normalized spacial score (nSPS) is 28.1. The Morgan fingerprint density at radius 1 is 1.50 bits per heavy atom. The van der Waals surface area contributed by atoms with Crippen LogP contribution < -0.4 is 5.32 Å². The van der Waals surface area contributed by atoms with Gasteiger partial charge in [-0.15, -0.1) is 0 Å². The van der Waals surface area contributed by atoms with Crippen molar-refractivity contribution in [2.24, 2.45) is 5.92 Å². The van der Waals surface area contributed by atoms with Crippen molar-refractivity contribution in [1.29, 1.82) is 0 Å². The summed E-state index contributed by atoms with van der Waals surface area (Å²) in [5, 5.41) is 13.1. The van der Waals surface area contributed by atoms with Gasteiger partial charge in [0.15, 0.2) is 5.76 Å². The molecule has 1 aliphatic carbocycles. The number of furan rings is 1. The van der Waals surface area contributed by atoms with E-state index < -0.39 is 5.60 Å². The first-order valence-electron chi connectivity index (χ1n) is 6.55. The van der Waals surface area contributed by atoms with E-state index in [2.05, 4.69) is 12.2 Å². The number of aryl methyl sites for hydroxylation is 1. The van der Waals surface area contributed by atoms with E-state index in [1.807, 2.05) is 0 Å². The number of hydrogen-bond donors (Lipinski definition) is 2. The summed E-state index contributed by atoms with van der Waals surface area (Å²) in [7, 11) is 0. The summed E-state index contributed by atoms with van der Waals surface area (Å²) < 4.78 is 5.24. The summed E-state index contributed by atoms with van der Waals surface area (Å²) in [5.41, 5.74) is -0.746. The Kier molecular flexibility index (Phi) is 3.76. The molecule has 0 spiro atoms. The fourth-order valence-corrected chi connectivity index (χ4v) is 2.36. The van der Waals surface area contributed by atoms with Gasteiger partial charge in [-0.25, -0.2) is 0 Å². The van der Waals surface area contributed by atoms with Gasteiger partial charge in [-0.2, -0.15) is 0 Å². The van der Waals surface area contributed by atoms with E-state index in [0.717, 1.165) is 25.7 Å². The molecular weight excluding hydrogens is 230 g/mol. The van der Waals surface area contributed by atoms with Crippen LogP contribution >= 0.6 is 0 Å². The molecule has 1 amide bonds. The van der Waals surface area contributed by atoms with Crippen LogP contribution in [-0.2, 0) is 0 Å². The van der Waals surface area contributed by atoms with E-state index in [0.29, 0.717) is 24.0 Å². The number of aliphatic hydroxyl groups is 1. The topological polar surface area (TPSA) is 62.5 Å². The van der Waals surface area contributed by atoms with E-state index in [1.165, 1.54) is 0 Å². The lowest BCUT2D eigenvalue weighted by atomic mass is 9.79. The molecule has 2 rings (SSSR count). The monoisotopic (exact) mass is 251 g/mol. The minimum atomic E-state index is -0.746. The molecule has 1 aromatic rings. The van der Waals surface area contributed by atoms with Crippen LogP contribution in [0.15, 0.2) is 16.5 Å². The maximum atomic E-state index is 11.8. The minimum absolute atomic E-state index is 0.254. The Hall–Kier alpha value is -1.29. The van der Waals surface area contributed by atoms with Crippen molar-refractivity contribution in [3.63, 3.8) is 0 Å². The number of rotatable bonds is 3. The first kappa shape index (κ1) is 13.1. The smallest absolute Gasteiger partial charge is 0.287 e. The molecule has 1 aromatic heterocycles. The molecule has 0 unspecified atom stereocenters. The van der Waals surface area contributed by atoms with E-state index in [-0.39, 0.29) is 5.91 Å². The molecule has 1 fully saturated rings. The number of carbonyl (C=O) groups is 1. The summed E-state index contributed by atoms with van der Waals surface area (Å²) in [6.07, 6.45) is 3.55. The van der Waals surface area contributed by atoms with Crippen molar-refractivity contribution >= 4 is 5.91 Å². The second-order valence-corrected chi connectivity index (χ2v) is 5.50. The molecule has 0 aromatic carbocycles. The zero-order valence-electron chi connectivity index (χ0n) is 11.0. The van der Waals surface area contributed by atoms with Crippen molar-refractivity contribution in [2.45, 2.75) is 45.1 Å². The molecule has 1 aliphatic rings. The van der Waals surface area contributed by atoms with Crippen molar-refractivity contribution < 1.29 is 14.3 Å². The molecule has 18 heavy (non-hydrogen) atoms. The van der Waals surface area contributed by atoms with Gasteiger partial charge in [0.05, 0.1) is 5.60 Å². The summed E-state index contributed by atoms with van der Waals surface area (Å²) >= 11 is 0. The lowest BCUT2D eigenvalue weighted by Gasteiger charge is -2.34. The van der Waals surface area contributed by atoms with Crippen LogP contribution in [0.1, 0.15) is 48.9 Å². The van der Waals surface area contributed by atoms with Crippen molar-refractivity contribution in [1.82, 2.24) is 5.32 Å². The highest BCUT2D eigenvalue weighted by Gasteiger charge is 2.32. The molecule has 1 saturated carbocycles. The fraction of sp³-hybridized carbons (Fsp3) is 0.643. The van der Waals surface area contributed by atoms with Gasteiger partial charge < -0.3 is 14.8 Å². The highest BCUT2D eigenvalue weighted by Crippen LogP contribution is 2.31. The molecule has 0 atom stereocenters. The van der Waals surface area contributed by atoms with Crippen LogP contribution in [0, 0.1) is 12.8 Å². The van der Waals surface area contributed by atoms with Crippen LogP contribution in [0.5, 0.6) is 0 Å². The van der Waals surface area contributed by atoms with Crippen LogP contribution in [-0.4, -0.2) is 23.2 Å². The molecule has 1 heterocycles. The highest BCUT2D eigenvalue weighted by atomic mass is 16.3. The fourth-order valence-electron chi connectivity index (χ4n) is 2.36. The lowest BCUT2D eigenvalue weighted by molar-refractivity contribution is -0.00559. The zero-order valence-corrected chi connectivity index (χ0v) is 11.0. The van der Waals surface area contributed by atoms with E-state index in [9.17, 15) is 9.90 Å². The predicted molar refractivity (Wildman–Crippen MR) is 68.4 cm³/mol. The maximum absolute atomic E-state index is 11.8. The van der Waals surface area contributed by atoms with Crippen molar-refractivity contribution in [3.05, 3.63) is 23.7 Å². The Morgan fingerprint density at radius 3 is 2.72 bits per heavy atom. The molecule has 2 N–H and O–H groups in total. The maximum Gasteiger partial charge on any atom is 0.287 e. The standard InChI is InChI=1S/C14H21NO3/c1-10-5-7-14(17,8-6-10)9-15-13(16)12-4-3-11(2)18-12/h3-4,10,17H,5-9H2,1-2H3,(H,15,16). The zero-order chi connectivity index (χ0) is 13.2. The average molecular weight is 251 g/mol. The average Bonchev–Trinajstić information content (AvgIpc) is 2.77. The van der Waals surface area contributed by atoms with Gasteiger partial charge in [0.1, 0.15) is 5.76 Å². The molecule has 0 bridgehead atoms. The second kappa shape index (κ2) is 5.14. The first-order valence-corrected chi connectivity index (χ1v) is 6.55. The second-order valence-electron chi connectivity index (χ2n) is 5.50. The third-order valence-electron chi connectivity index (χ3n) is 3.75. The van der Waals surface area contributed by atoms with Crippen molar-refractivity contribution in [2.75, 3.05) is 6.54 Å². The van der Waals surface area contributed by atoms with Gasteiger partial charge in [0.25, 0.3) is 5.91 Å². The van der Waals surface area contributed by atoms with Crippen LogP contribution in [0.4, 0.5) is 0 Å². The number of amides is 1. The van der Waals surface area contributed by atoms with Gasteiger partial charge in [-0.3, -0.25) is 4.79 Å². The molecular formula is C14H21NO3. The quantitative estimate of drug-likeness (QED) is 0.866. The Labute approximate surface area is 107 Å². The Bertz CT molecular complexity index is 416. The van der Waals surface area contributed by atoms with Crippen LogP contribution in [0.25, 0.3) is 0 Å². The minimum Gasteiger partial charge on any atom is -0.456 e. The molecule has 0 aliphatic heterocycles. The molecule has 4 heteroatoms. The molecule has 0 radical (unpaired) electrons. The Balaban J connectivity index is 1.86. The van der Waals surface area contributed by atoms with Gasteiger partial charge in [0, 0.05) is 6.54 Å². The highest BCUT2D eigenvalue weighted by molar-refractivity contribution is 5.91. The van der Waals surface area contributed by atoms with Gasteiger partial charge in [-0.05, 0) is 50.7 Å². The molecule has 4 nitrogen and oxygen atoms in total. The van der Waals surface area contributed by atoms with Crippen LogP contribution in [0.2, 0.25) is 0 Å². The lowest BCUT2D eigenvalue weighted by Crippen LogP contribution is -2.45. The van der Waals surface area contributed by atoms with Crippen LogP contribution in [0.3, 0.4) is 0 Å². The van der Waals surface area contributed by atoms with Crippen molar-refractivity contribution in [3.8, 4) is 0 Å². The first-order chi connectivity index (χ1) is 8.48. The third kappa shape index (κ3) is 3.13. The SMILES string of the molecule is Cc1ccc(C(=O)NCC2(O)CCC(C)CC2)o1. The summed E-state index contributed by atoms with van der Waals surface area (Å²) in [5.74, 6) is 1.44. The predicted octanol–water partition coefficient (Wildman–Crippen LogP) is 2.26.